The third-order valence-electron chi connectivity index (χ3n) is 1.24. The maximum atomic E-state index is 10.8. The van der Waals surface area contributed by atoms with Crippen LogP contribution in [0.15, 0.2) is 11.2 Å². The average Bonchev–Trinajstić information content (AvgIpc) is 2.08. The van der Waals surface area contributed by atoms with Gasteiger partial charge in [0.05, 0.1) is 0 Å². The lowest BCUT2D eigenvalue weighted by atomic mass is 10.4. The summed E-state index contributed by atoms with van der Waals surface area (Å²) < 4.78 is 22.9. The van der Waals surface area contributed by atoms with E-state index < -0.39 is 10.0 Å². The van der Waals surface area contributed by atoms with Crippen molar-refractivity contribution in [1.82, 2.24) is 9.78 Å². The second-order valence-electron chi connectivity index (χ2n) is 2.34. The van der Waals surface area contributed by atoms with E-state index in [-0.39, 0.29) is 5.03 Å². The monoisotopic (exact) mass is 175 g/mol. The Hall–Kier alpha value is -0.880. The van der Waals surface area contributed by atoms with Gasteiger partial charge < -0.3 is 0 Å². The molecule has 0 spiro atoms. The molecular weight excluding hydrogens is 166 g/mol. The van der Waals surface area contributed by atoms with E-state index in [1.807, 2.05) is 0 Å². The summed E-state index contributed by atoms with van der Waals surface area (Å²) in [5.41, 5.74) is 0.565. The number of primary sulfonamides is 1. The first-order chi connectivity index (χ1) is 4.91. The van der Waals surface area contributed by atoms with Crippen LogP contribution in [0.3, 0.4) is 0 Å². The van der Waals surface area contributed by atoms with Crippen molar-refractivity contribution in [3.05, 3.63) is 11.8 Å². The van der Waals surface area contributed by atoms with Crippen LogP contribution in [0, 0.1) is 6.92 Å². The Kier molecular flexibility index (Phi) is 1.73. The van der Waals surface area contributed by atoms with Crippen molar-refractivity contribution in [3.63, 3.8) is 0 Å². The van der Waals surface area contributed by atoms with Gasteiger partial charge in [-0.2, -0.15) is 5.10 Å². The SMILES string of the molecule is Cc1cn(C)nc1S(N)(=O)=O. The van der Waals surface area contributed by atoms with E-state index in [4.69, 9.17) is 5.14 Å². The van der Waals surface area contributed by atoms with Gasteiger partial charge in [-0.1, -0.05) is 0 Å². The Labute approximate surface area is 64.9 Å². The summed E-state index contributed by atoms with van der Waals surface area (Å²) in [6.07, 6.45) is 1.60. The normalized spacial score (nSPS) is 11.9. The van der Waals surface area contributed by atoms with Gasteiger partial charge in [0.1, 0.15) is 0 Å². The number of nitrogens with two attached hydrogens (primary N) is 1. The largest absolute Gasteiger partial charge is 0.274 e. The molecule has 0 aliphatic carbocycles. The number of rotatable bonds is 1. The summed E-state index contributed by atoms with van der Waals surface area (Å²) >= 11 is 0. The highest BCUT2D eigenvalue weighted by Gasteiger charge is 2.14. The second-order valence-corrected chi connectivity index (χ2v) is 3.81. The number of nitrogens with zero attached hydrogens (tertiary/aromatic N) is 2. The Balaban J connectivity index is 3.36. The van der Waals surface area contributed by atoms with Crippen LogP contribution in [0.2, 0.25) is 0 Å². The third-order valence-corrected chi connectivity index (χ3v) is 2.18. The molecule has 5 nitrogen and oxygen atoms in total. The zero-order valence-electron chi connectivity index (χ0n) is 6.27. The Morgan fingerprint density at radius 3 is 2.36 bits per heavy atom. The molecule has 2 N–H and O–H groups in total. The first-order valence-electron chi connectivity index (χ1n) is 2.94. The van der Waals surface area contributed by atoms with Crippen molar-refractivity contribution in [3.8, 4) is 0 Å². The van der Waals surface area contributed by atoms with E-state index in [9.17, 15) is 8.42 Å². The van der Waals surface area contributed by atoms with E-state index in [1.165, 1.54) is 4.68 Å². The molecule has 0 fully saturated rings. The molecule has 0 radical (unpaired) electrons. The van der Waals surface area contributed by atoms with Gasteiger partial charge in [-0.3, -0.25) is 4.68 Å². The molecule has 0 aliphatic heterocycles. The summed E-state index contributed by atoms with van der Waals surface area (Å²) in [4.78, 5) is 0. The van der Waals surface area contributed by atoms with Crippen molar-refractivity contribution in [1.29, 1.82) is 0 Å². The zero-order chi connectivity index (χ0) is 8.65. The van der Waals surface area contributed by atoms with Gasteiger partial charge in [0.25, 0.3) is 10.0 Å². The first kappa shape index (κ1) is 8.22. The summed E-state index contributed by atoms with van der Waals surface area (Å²) in [6, 6.07) is 0. The van der Waals surface area contributed by atoms with Crippen molar-refractivity contribution in [2.24, 2.45) is 12.2 Å². The molecule has 0 aliphatic rings. The number of hydrogen-bond acceptors (Lipinski definition) is 3. The fourth-order valence-corrected chi connectivity index (χ4v) is 1.61. The van der Waals surface area contributed by atoms with Crippen LogP contribution < -0.4 is 5.14 Å². The summed E-state index contributed by atoms with van der Waals surface area (Å²) in [5.74, 6) is 0. The second kappa shape index (κ2) is 2.31. The topological polar surface area (TPSA) is 78.0 Å². The van der Waals surface area contributed by atoms with E-state index in [0.29, 0.717) is 5.56 Å². The van der Waals surface area contributed by atoms with Crippen LogP contribution in [0.1, 0.15) is 5.56 Å². The Bertz CT molecular complexity index is 365. The fraction of sp³-hybridized carbons (Fsp3) is 0.400. The number of aryl methyl sites for hydroxylation is 2. The summed E-state index contributed by atoms with van der Waals surface area (Å²) in [5, 5.41) is 8.50. The lowest BCUT2D eigenvalue weighted by molar-refractivity contribution is 0.589. The van der Waals surface area contributed by atoms with Crippen LogP contribution in [0.5, 0.6) is 0 Å². The molecule has 0 bridgehead atoms. The van der Waals surface area contributed by atoms with Crippen LogP contribution in [0.25, 0.3) is 0 Å². The van der Waals surface area contributed by atoms with E-state index in [2.05, 4.69) is 5.10 Å². The highest BCUT2D eigenvalue weighted by molar-refractivity contribution is 7.89. The van der Waals surface area contributed by atoms with Crippen molar-refractivity contribution >= 4 is 10.0 Å². The molecular formula is C5H9N3O2S. The molecule has 0 aromatic carbocycles. The lowest BCUT2D eigenvalue weighted by Gasteiger charge is -1.90. The minimum absolute atomic E-state index is 0.0556. The van der Waals surface area contributed by atoms with Gasteiger partial charge in [0, 0.05) is 18.8 Å². The Morgan fingerprint density at radius 2 is 2.18 bits per heavy atom. The molecule has 0 saturated carbocycles. The molecule has 62 valence electrons. The number of aromatic nitrogens is 2. The van der Waals surface area contributed by atoms with Crippen molar-refractivity contribution in [2.45, 2.75) is 11.9 Å². The minimum atomic E-state index is -3.64. The molecule has 0 atom stereocenters. The van der Waals surface area contributed by atoms with E-state index in [0.717, 1.165) is 0 Å². The quantitative estimate of drug-likeness (QED) is 0.617. The summed E-state index contributed by atoms with van der Waals surface area (Å²) in [6.45, 7) is 1.65. The predicted molar refractivity (Wildman–Crippen MR) is 39.3 cm³/mol. The van der Waals surface area contributed by atoms with Crippen LogP contribution in [0.4, 0.5) is 0 Å². The molecule has 1 rings (SSSR count). The molecule has 1 aromatic heterocycles. The van der Waals surface area contributed by atoms with Gasteiger partial charge in [-0.15, -0.1) is 0 Å². The molecule has 0 amide bonds. The number of sulfonamides is 1. The highest BCUT2D eigenvalue weighted by Crippen LogP contribution is 2.08. The minimum Gasteiger partial charge on any atom is -0.274 e. The molecule has 11 heavy (non-hydrogen) atoms. The molecule has 0 unspecified atom stereocenters. The van der Waals surface area contributed by atoms with Crippen molar-refractivity contribution in [2.75, 3.05) is 0 Å². The van der Waals surface area contributed by atoms with E-state index >= 15 is 0 Å². The molecule has 0 saturated heterocycles. The zero-order valence-corrected chi connectivity index (χ0v) is 7.09. The van der Waals surface area contributed by atoms with Gasteiger partial charge >= 0.3 is 0 Å². The maximum absolute atomic E-state index is 10.8. The molecule has 6 heteroatoms. The van der Waals surface area contributed by atoms with Gasteiger partial charge in [0.2, 0.25) is 0 Å². The van der Waals surface area contributed by atoms with Crippen molar-refractivity contribution < 1.29 is 8.42 Å². The van der Waals surface area contributed by atoms with Gasteiger partial charge in [-0.25, -0.2) is 13.6 Å². The van der Waals surface area contributed by atoms with Gasteiger partial charge in [0.15, 0.2) is 5.03 Å². The maximum Gasteiger partial charge on any atom is 0.257 e. The molecule has 1 heterocycles. The highest BCUT2D eigenvalue weighted by atomic mass is 32.2. The standard InChI is InChI=1S/C5H9N3O2S/c1-4-3-8(2)7-5(4)11(6,9)10/h3H,1-2H3,(H2,6,9,10). The summed E-state index contributed by atoms with van der Waals surface area (Å²) in [7, 11) is -2.00. The smallest absolute Gasteiger partial charge is 0.257 e. The predicted octanol–water partition coefficient (Wildman–Crippen LogP) is -0.624. The number of hydrogen-bond donors (Lipinski definition) is 1. The van der Waals surface area contributed by atoms with Crippen LogP contribution in [-0.4, -0.2) is 18.2 Å². The van der Waals surface area contributed by atoms with Crippen LogP contribution >= 0.6 is 0 Å². The lowest BCUT2D eigenvalue weighted by Crippen LogP contribution is -2.14. The average molecular weight is 175 g/mol. The van der Waals surface area contributed by atoms with E-state index in [1.54, 1.807) is 20.2 Å². The first-order valence-corrected chi connectivity index (χ1v) is 4.49. The molecule has 1 aromatic rings. The van der Waals surface area contributed by atoms with Gasteiger partial charge in [-0.05, 0) is 6.92 Å². The third kappa shape index (κ3) is 1.58. The Morgan fingerprint density at radius 1 is 1.64 bits per heavy atom. The van der Waals surface area contributed by atoms with Crippen LogP contribution in [-0.2, 0) is 17.1 Å². The fourth-order valence-electron chi connectivity index (χ4n) is 0.868.